The minimum Gasteiger partial charge on any atom is -0.285 e. The maximum absolute atomic E-state index is 12.8. The molecule has 5 rings (SSSR count). The lowest BCUT2D eigenvalue weighted by atomic mass is 9.90. The van der Waals surface area contributed by atoms with Crippen molar-refractivity contribution < 1.29 is 4.79 Å². The molecule has 1 N–H and O–H groups in total. The van der Waals surface area contributed by atoms with Crippen LogP contribution in [-0.4, -0.2) is 35.0 Å². The molecule has 0 saturated carbocycles. The predicted octanol–water partition coefficient (Wildman–Crippen LogP) is 5.98. The number of carbonyl (C=O) groups excluding carboxylic acids is 1. The third-order valence-corrected chi connectivity index (χ3v) is 7.49. The number of hydrazine groups is 1. The van der Waals surface area contributed by atoms with Crippen LogP contribution >= 0.6 is 35.0 Å². The number of nitrogens with zero attached hydrogens (tertiary/aromatic N) is 2. The maximum atomic E-state index is 12.8. The highest BCUT2D eigenvalue weighted by Gasteiger charge is 2.31. The summed E-state index contributed by atoms with van der Waals surface area (Å²) in [4.78, 5) is 18.9. The Morgan fingerprint density at radius 3 is 2.65 bits per heavy atom. The van der Waals surface area contributed by atoms with Gasteiger partial charge in [0, 0.05) is 44.8 Å². The summed E-state index contributed by atoms with van der Waals surface area (Å²) in [5.74, 6) is -0.0228. The molecule has 0 radical (unpaired) electrons. The van der Waals surface area contributed by atoms with Crippen molar-refractivity contribution in [3.8, 4) is 0 Å². The van der Waals surface area contributed by atoms with Gasteiger partial charge in [-0.15, -0.1) is 11.8 Å². The average Bonchev–Trinajstić information content (AvgIpc) is 3.21. The van der Waals surface area contributed by atoms with E-state index < -0.39 is 0 Å². The lowest BCUT2D eigenvalue weighted by molar-refractivity contribution is 0.0826. The third-order valence-electron chi connectivity index (χ3n) is 5.69. The third kappa shape index (κ3) is 4.46. The van der Waals surface area contributed by atoms with Crippen LogP contribution in [0.4, 0.5) is 5.69 Å². The number of allylic oxidation sites excluding steroid dienone is 3. The van der Waals surface area contributed by atoms with Crippen LogP contribution in [0.3, 0.4) is 0 Å². The fraction of sp³-hybridized carbons (Fsp3) is 0.250. The van der Waals surface area contributed by atoms with Crippen molar-refractivity contribution in [3.63, 3.8) is 0 Å². The maximum Gasteiger partial charge on any atom is 0.265 e. The highest BCUT2D eigenvalue weighted by Crippen LogP contribution is 2.44. The molecule has 2 atom stereocenters. The molecule has 7 heteroatoms. The van der Waals surface area contributed by atoms with E-state index in [-0.39, 0.29) is 17.1 Å². The first-order chi connectivity index (χ1) is 15.1. The lowest BCUT2D eigenvalue weighted by Gasteiger charge is -2.24. The number of benzene rings is 2. The van der Waals surface area contributed by atoms with E-state index in [1.54, 1.807) is 11.8 Å². The summed E-state index contributed by atoms with van der Waals surface area (Å²) in [5, 5.41) is 3.52. The zero-order valence-corrected chi connectivity index (χ0v) is 19.1. The Bertz CT molecular complexity index is 1100. The van der Waals surface area contributed by atoms with Crippen LogP contribution in [0.2, 0.25) is 5.02 Å². The summed E-state index contributed by atoms with van der Waals surface area (Å²) in [6.45, 7) is 1.79. The van der Waals surface area contributed by atoms with Crippen LogP contribution in [0.5, 0.6) is 0 Å². The highest BCUT2D eigenvalue weighted by atomic mass is 35.5. The van der Waals surface area contributed by atoms with Crippen molar-refractivity contribution >= 4 is 52.3 Å². The number of nitrogens with one attached hydrogen (secondary N) is 1. The fourth-order valence-electron chi connectivity index (χ4n) is 4.09. The molecule has 2 unspecified atom stereocenters. The van der Waals surface area contributed by atoms with Gasteiger partial charge in [0.25, 0.3) is 5.91 Å². The lowest BCUT2D eigenvalue weighted by Crippen LogP contribution is -2.39. The van der Waals surface area contributed by atoms with Gasteiger partial charge in [0.1, 0.15) is 0 Å². The van der Waals surface area contributed by atoms with E-state index in [0.717, 1.165) is 52.8 Å². The molecule has 0 bridgehead atoms. The molecule has 0 spiro atoms. The number of carbonyl (C=O) groups is 1. The number of rotatable bonds is 3. The Morgan fingerprint density at radius 2 is 1.87 bits per heavy atom. The Hall–Kier alpha value is -2.05. The molecule has 1 amide bonds. The van der Waals surface area contributed by atoms with Crippen molar-refractivity contribution in [2.24, 2.45) is 10.9 Å². The van der Waals surface area contributed by atoms with Crippen LogP contribution in [0.1, 0.15) is 28.8 Å². The molecule has 2 aliphatic heterocycles. The van der Waals surface area contributed by atoms with Crippen LogP contribution in [-0.2, 0) is 0 Å². The average molecular weight is 470 g/mol. The first kappa shape index (κ1) is 20.8. The van der Waals surface area contributed by atoms with Gasteiger partial charge in [-0.3, -0.25) is 15.2 Å². The van der Waals surface area contributed by atoms with E-state index in [0.29, 0.717) is 10.6 Å². The SMILES string of the molecule is O=C(NN1CCCC1)c1ccc2c(c1)N=C(c1ccc(Cl)cc1)C1C=CC(Cl)=CC1S2. The molecule has 2 aromatic rings. The summed E-state index contributed by atoms with van der Waals surface area (Å²) in [6, 6.07) is 13.5. The fourth-order valence-corrected chi connectivity index (χ4v) is 5.74. The van der Waals surface area contributed by atoms with Crippen molar-refractivity contribution in [2.45, 2.75) is 23.0 Å². The monoisotopic (exact) mass is 469 g/mol. The first-order valence-electron chi connectivity index (χ1n) is 10.3. The predicted molar refractivity (Wildman–Crippen MR) is 129 cm³/mol. The molecule has 31 heavy (non-hydrogen) atoms. The number of aliphatic imine (C=N–C) groups is 1. The number of hydrogen-bond donors (Lipinski definition) is 1. The Balaban J connectivity index is 1.54. The van der Waals surface area contributed by atoms with Crippen molar-refractivity contribution in [3.05, 3.63) is 81.9 Å². The quantitative estimate of drug-likeness (QED) is 0.600. The van der Waals surface area contributed by atoms with Crippen molar-refractivity contribution in [2.75, 3.05) is 13.1 Å². The van der Waals surface area contributed by atoms with Gasteiger partial charge in [0.2, 0.25) is 0 Å². The molecular weight excluding hydrogens is 449 g/mol. The van der Waals surface area contributed by atoms with E-state index in [2.05, 4.69) is 17.6 Å². The van der Waals surface area contributed by atoms with Gasteiger partial charge in [0.05, 0.1) is 11.4 Å². The van der Waals surface area contributed by atoms with E-state index >= 15 is 0 Å². The van der Waals surface area contributed by atoms with Crippen LogP contribution in [0.15, 0.2) is 75.6 Å². The summed E-state index contributed by atoms with van der Waals surface area (Å²) in [7, 11) is 0. The number of fused-ring (bicyclic) bond motifs is 2. The van der Waals surface area contributed by atoms with Crippen molar-refractivity contribution in [1.82, 2.24) is 10.4 Å². The molecule has 1 fully saturated rings. The van der Waals surface area contributed by atoms with Crippen LogP contribution in [0.25, 0.3) is 0 Å². The second-order valence-corrected chi connectivity index (χ2v) is 9.93. The molecular formula is C24H21Cl2N3OS. The molecule has 2 heterocycles. The Morgan fingerprint density at radius 1 is 1.10 bits per heavy atom. The van der Waals surface area contributed by atoms with Gasteiger partial charge in [-0.2, -0.15) is 0 Å². The molecule has 3 aliphatic rings. The van der Waals surface area contributed by atoms with E-state index in [4.69, 9.17) is 28.2 Å². The first-order valence-corrected chi connectivity index (χ1v) is 12.0. The topological polar surface area (TPSA) is 44.7 Å². The number of halogens is 2. The number of thioether (sulfide) groups is 1. The van der Waals surface area contributed by atoms with Crippen LogP contribution in [0, 0.1) is 5.92 Å². The summed E-state index contributed by atoms with van der Waals surface area (Å²) in [6.07, 6.45) is 8.34. The van der Waals surface area contributed by atoms with Crippen LogP contribution < -0.4 is 5.43 Å². The molecule has 0 aromatic heterocycles. The largest absolute Gasteiger partial charge is 0.285 e. The van der Waals surface area contributed by atoms with E-state index in [1.807, 2.05) is 53.5 Å². The Labute approximate surface area is 196 Å². The molecule has 158 valence electrons. The summed E-state index contributed by atoms with van der Waals surface area (Å²) < 4.78 is 0. The smallest absolute Gasteiger partial charge is 0.265 e. The van der Waals surface area contributed by atoms with Gasteiger partial charge < -0.3 is 0 Å². The van der Waals surface area contributed by atoms with Gasteiger partial charge in [0.15, 0.2) is 0 Å². The van der Waals surface area contributed by atoms with Crippen molar-refractivity contribution in [1.29, 1.82) is 0 Å². The number of hydrogen-bond acceptors (Lipinski definition) is 4. The van der Waals surface area contributed by atoms with Gasteiger partial charge in [-0.25, -0.2) is 5.01 Å². The van der Waals surface area contributed by atoms with E-state index in [1.165, 1.54) is 0 Å². The number of amides is 1. The van der Waals surface area contributed by atoms with Gasteiger partial charge in [-0.1, -0.05) is 47.5 Å². The second kappa shape index (κ2) is 8.83. The Kier molecular flexibility index (Phi) is 5.93. The molecule has 2 aromatic carbocycles. The zero-order valence-electron chi connectivity index (χ0n) is 16.7. The molecule has 4 nitrogen and oxygen atoms in total. The van der Waals surface area contributed by atoms with Gasteiger partial charge in [-0.05, 0) is 54.8 Å². The molecule has 1 saturated heterocycles. The molecule has 1 aliphatic carbocycles. The second-order valence-electron chi connectivity index (χ2n) is 7.84. The highest BCUT2D eigenvalue weighted by molar-refractivity contribution is 8.00. The standard InChI is InChI=1S/C24H21Cl2N3OS/c25-17-6-3-15(4-7-17)23-19-9-8-18(26)14-22(19)31-21-10-5-16(13-20(21)27-23)24(30)28-29-11-1-2-12-29/h3-10,13-14,19,22H,1-2,11-12H2,(H,28,30). The summed E-state index contributed by atoms with van der Waals surface area (Å²) >= 11 is 14.2. The summed E-state index contributed by atoms with van der Waals surface area (Å²) in [5.41, 5.74) is 6.38. The van der Waals surface area contributed by atoms with Gasteiger partial charge >= 0.3 is 0 Å². The van der Waals surface area contributed by atoms with E-state index in [9.17, 15) is 4.79 Å². The minimum absolute atomic E-state index is 0.0722. The zero-order chi connectivity index (χ0) is 21.4. The minimum atomic E-state index is -0.0950. The normalized spacial score (nSPS) is 22.8.